The van der Waals surface area contributed by atoms with Gasteiger partial charge in [-0.15, -0.1) is 0 Å². The molecule has 0 radical (unpaired) electrons. The zero-order valence-electron chi connectivity index (χ0n) is 16.0. The molecule has 10 atom stereocenters. The molecule has 8 aliphatic rings. The molecule has 2 aliphatic heterocycles. The largest absolute Gasteiger partial charge is 0.390 e. The molecule has 8 fully saturated rings. The number of hydrogen-bond acceptors (Lipinski definition) is 4. The molecule has 0 aromatic rings. The van der Waals surface area contributed by atoms with E-state index in [2.05, 4.69) is 18.7 Å². The molecule has 1 N–H and O–H groups in total. The number of rotatable bonds is 0. The molecule has 2 heterocycles. The second kappa shape index (κ2) is 4.11. The molecule has 0 aromatic heterocycles. The first kappa shape index (κ1) is 15.5. The van der Waals surface area contributed by atoms with E-state index in [4.69, 9.17) is 4.74 Å². The molecule has 2 spiro atoms. The summed E-state index contributed by atoms with van der Waals surface area (Å²) in [5, 5.41) is 11.2. The predicted octanol–water partition coefficient (Wildman–Crippen LogP) is 2.59. The summed E-state index contributed by atoms with van der Waals surface area (Å²) in [5.74, 6) is 2.43. The minimum atomic E-state index is -0.566. The zero-order chi connectivity index (χ0) is 17.7. The Morgan fingerprint density at radius 2 is 2.08 bits per heavy atom. The summed E-state index contributed by atoms with van der Waals surface area (Å²) in [6, 6.07) is 0.533. The van der Waals surface area contributed by atoms with Crippen molar-refractivity contribution in [3.63, 3.8) is 0 Å². The number of ketones is 1. The fourth-order valence-corrected chi connectivity index (χ4v) is 10.7. The van der Waals surface area contributed by atoms with Crippen molar-refractivity contribution < 1.29 is 14.6 Å². The number of carbonyl (C=O) groups excluding carboxylic acids is 1. The molecule has 6 saturated carbocycles. The molecule has 4 heteroatoms. The van der Waals surface area contributed by atoms with Crippen LogP contribution in [0.2, 0.25) is 0 Å². The number of nitrogens with zero attached hydrogens (tertiary/aromatic N) is 1. The van der Waals surface area contributed by atoms with Crippen LogP contribution in [0, 0.1) is 39.9 Å². The maximum atomic E-state index is 13.7. The van der Waals surface area contributed by atoms with Gasteiger partial charge in [0, 0.05) is 35.8 Å². The van der Waals surface area contributed by atoms with Gasteiger partial charge in [0.25, 0.3) is 0 Å². The van der Waals surface area contributed by atoms with Crippen LogP contribution in [0.15, 0.2) is 0 Å². The highest BCUT2D eigenvalue weighted by Crippen LogP contribution is 2.83. The lowest BCUT2D eigenvalue weighted by atomic mass is 9.38. The molecule has 6 bridgehead atoms. The van der Waals surface area contributed by atoms with E-state index in [0.29, 0.717) is 29.6 Å². The molecular formula is C22H31NO3. The van der Waals surface area contributed by atoms with Crippen molar-refractivity contribution in [2.45, 2.75) is 76.7 Å². The van der Waals surface area contributed by atoms with Gasteiger partial charge in [0.2, 0.25) is 0 Å². The molecule has 2 saturated heterocycles. The van der Waals surface area contributed by atoms with Gasteiger partial charge in [-0.05, 0) is 62.2 Å². The number of aliphatic hydroxyl groups is 1. The third kappa shape index (κ3) is 1.28. The smallest absolute Gasteiger partial charge is 0.137 e. The average molecular weight is 357 g/mol. The van der Waals surface area contributed by atoms with E-state index in [1.165, 1.54) is 19.3 Å². The lowest BCUT2D eigenvalue weighted by Gasteiger charge is -2.68. The number of piperidine rings is 1. The molecule has 0 amide bonds. The van der Waals surface area contributed by atoms with Gasteiger partial charge < -0.3 is 9.84 Å². The molecule has 0 aromatic carbocycles. The maximum Gasteiger partial charge on any atom is 0.137 e. The molecule has 0 unspecified atom stereocenters. The highest BCUT2D eigenvalue weighted by molar-refractivity contribution is 5.86. The standard InChI is InChI=1S/C22H31NO3/c1-19-4-3-5-22-15-9-12-8-13(17(22)23-6-7-26-18(19)23)21(15,11-20(12,2)25)10-14(24)16(19)22/h12-13,15-18,25H,3-11H2,1-2H3/t12-,13+,15+,16+,17+,18-,19-,20+,21+,22+/m0/s1. The summed E-state index contributed by atoms with van der Waals surface area (Å²) in [7, 11) is 0. The number of fused-ring (bicyclic) bond motifs is 4. The summed E-state index contributed by atoms with van der Waals surface area (Å²) < 4.78 is 6.34. The summed E-state index contributed by atoms with van der Waals surface area (Å²) in [6.07, 6.45) is 7.70. The Morgan fingerprint density at radius 3 is 2.92 bits per heavy atom. The second-order valence-electron chi connectivity index (χ2n) is 11.5. The Balaban J connectivity index is 1.52. The van der Waals surface area contributed by atoms with Crippen LogP contribution < -0.4 is 0 Å². The highest BCUT2D eigenvalue weighted by atomic mass is 16.5. The quantitative estimate of drug-likeness (QED) is 0.724. The Hall–Kier alpha value is -0.450. The van der Waals surface area contributed by atoms with Crippen molar-refractivity contribution in [1.29, 1.82) is 0 Å². The fraction of sp³-hybridized carbons (Fsp3) is 0.955. The Labute approximate surface area is 155 Å². The van der Waals surface area contributed by atoms with Crippen molar-refractivity contribution in [3.8, 4) is 0 Å². The fourth-order valence-electron chi connectivity index (χ4n) is 10.7. The van der Waals surface area contributed by atoms with E-state index >= 15 is 0 Å². The summed E-state index contributed by atoms with van der Waals surface area (Å²) in [6.45, 7) is 6.32. The van der Waals surface area contributed by atoms with Crippen LogP contribution >= 0.6 is 0 Å². The molecule has 6 aliphatic carbocycles. The molecule has 4 nitrogen and oxygen atoms in total. The number of ether oxygens (including phenoxy) is 1. The van der Waals surface area contributed by atoms with Gasteiger partial charge in [-0.1, -0.05) is 13.3 Å². The first-order valence-corrected chi connectivity index (χ1v) is 11.0. The van der Waals surface area contributed by atoms with Gasteiger partial charge in [-0.3, -0.25) is 9.69 Å². The van der Waals surface area contributed by atoms with Gasteiger partial charge in [0.1, 0.15) is 12.0 Å². The van der Waals surface area contributed by atoms with Crippen molar-refractivity contribution in [3.05, 3.63) is 0 Å². The topological polar surface area (TPSA) is 49.8 Å². The number of carbonyl (C=O) groups is 1. The van der Waals surface area contributed by atoms with Crippen LogP contribution in [0.1, 0.15) is 58.8 Å². The molecule has 26 heavy (non-hydrogen) atoms. The molecule has 8 rings (SSSR count). The minimum absolute atomic E-state index is 0.00316. The van der Waals surface area contributed by atoms with E-state index in [-0.39, 0.29) is 28.4 Å². The van der Waals surface area contributed by atoms with E-state index in [0.717, 1.165) is 38.8 Å². The average Bonchev–Trinajstić information content (AvgIpc) is 3.04. The normalized spacial score (nSPS) is 67.6. The monoisotopic (exact) mass is 357 g/mol. The second-order valence-corrected chi connectivity index (χ2v) is 11.5. The van der Waals surface area contributed by atoms with Crippen LogP contribution in [0.25, 0.3) is 0 Å². The maximum absolute atomic E-state index is 13.7. The first-order chi connectivity index (χ1) is 12.3. The molecular weight excluding hydrogens is 326 g/mol. The van der Waals surface area contributed by atoms with Crippen molar-refractivity contribution in [2.75, 3.05) is 13.2 Å². The van der Waals surface area contributed by atoms with Gasteiger partial charge in [0.15, 0.2) is 0 Å². The van der Waals surface area contributed by atoms with Crippen molar-refractivity contribution >= 4 is 5.78 Å². The SMILES string of the molecule is C[C@]12CCC[C@@]34[C@@H]1C(=O)C[C@@]15C[C@@](C)(O)[C@@H](C[C@@H]1[C@H]3N1CCO[C@H]12)C[C@H]54. The van der Waals surface area contributed by atoms with E-state index in [1.807, 2.05) is 0 Å². The van der Waals surface area contributed by atoms with Gasteiger partial charge in [-0.2, -0.15) is 0 Å². The summed E-state index contributed by atoms with van der Waals surface area (Å²) >= 11 is 0. The Bertz CT molecular complexity index is 735. The number of Topliss-reactive ketones (excluding diaryl/α,β-unsaturated/α-hetero) is 1. The minimum Gasteiger partial charge on any atom is -0.390 e. The summed E-state index contributed by atoms with van der Waals surface area (Å²) in [5.41, 5.74) is -0.305. The van der Waals surface area contributed by atoms with E-state index in [9.17, 15) is 9.90 Å². The third-order valence-electron chi connectivity index (χ3n) is 10.8. The molecule has 142 valence electrons. The Morgan fingerprint density at radius 1 is 1.23 bits per heavy atom. The van der Waals surface area contributed by atoms with E-state index in [1.54, 1.807) is 0 Å². The summed E-state index contributed by atoms with van der Waals surface area (Å²) in [4.78, 5) is 16.5. The van der Waals surface area contributed by atoms with Gasteiger partial charge >= 0.3 is 0 Å². The van der Waals surface area contributed by atoms with Crippen LogP contribution in [0.3, 0.4) is 0 Å². The van der Waals surface area contributed by atoms with Crippen LogP contribution in [-0.2, 0) is 9.53 Å². The number of hydrogen-bond donors (Lipinski definition) is 1. The van der Waals surface area contributed by atoms with Crippen molar-refractivity contribution in [2.24, 2.45) is 39.9 Å². The third-order valence-corrected chi connectivity index (χ3v) is 10.8. The predicted molar refractivity (Wildman–Crippen MR) is 95.1 cm³/mol. The van der Waals surface area contributed by atoms with Crippen molar-refractivity contribution in [1.82, 2.24) is 4.90 Å². The lowest BCUT2D eigenvalue weighted by molar-refractivity contribution is -0.240. The van der Waals surface area contributed by atoms with Crippen LogP contribution in [0.4, 0.5) is 0 Å². The Kier molecular flexibility index (Phi) is 2.45. The highest BCUT2D eigenvalue weighted by Gasteiger charge is 2.84. The lowest BCUT2D eigenvalue weighted by Crippen LogP contribution is -2.71. The van der Waals surface area contributed by atoms with Crippen LogP contribution in [-0.4, -0.2) is 46.8 Å². The van der Waals surface area contributed by atoms with E-state index < -0.39 is 5.60 Å². The zero-order valence-corrected chi connectivity index (χ0v) is 16.0. The van der Waals surface area contributed by atoms with Gasteiger partial charge in [0.05, 0.1) is 12.2 Å². The first-order valence-electron chi connectivity index (χ1n) is 11.0. The van der Waals surface area contributed by atoms with Gasteiger partial charge in [-0.25, -0.2) is 0 Å². The van der Waals surface area contributed by atoms with Crippen LogP contribution in [0.5, 0.6) is 0 Å².